The number of aliphatic carboxylic acids is 1. The van der Waals surface area contributed by atoms with Crippen LogP contribution >= 0.6 is 0 Å². The van der Waals surface area contributed by atoms with E-state index in [-0.39, 0.29) is 24.1 Å². The number of rotatable bonds is 3. The number of urea groups is 1. The van der Waals surface area contributed by atoms with E-state index in [0.29, 0.717) is 25.9 Å². The van der Waals surface area contributed by atoms with Crippen LogP contribution in [0, 0.1) is 5.92 Å². The number of hydrogen-bond acceptors (Lipinski definition) is 3. The van der Waals surface area contributed by atoms with Gasteiger partial charge in [0.2, 0.25) is 0 Å². The molecule has 0 radical (unpaired) electrons. The molecule has 6 nitrogen and oxygen atoms in total. The maximum atomic E-state index is 12.1. The molecule has 2 atom stereocenters. The van der Waals surface area contributed by atoms with Crippen LogP contribution in [0.4, 0.5) is 4.79 Å². The predicted octanol–water partition coefficient (Wildman–Crippen LogP) is 1.06. The van der Waals surface area contributed by atoms with Crippen LogP contribution in [0.15, 0.2) is 0 Å². The fourth-order valence-electron chi connectivity index (χ4n) is 2.90. The Morgan fingerprint density at radius 1 is 1.21 bits per heavy atom. The van der Waals surface area contributed by atoms with Crippen molar-refractivity contribution in [2.24, 2.45) is 5.92 Å². The summed E-state index contributed by atoms with van der Waals surface area (Å²) in [6, 6.07) is -0.0562. The molecule has 2 fully saturated rings. The highest BCUT2D eigenvalue weighted by molar-refractivity contribution is 5.75. The number of piperidine rings is 1. The van der Waals surface area contributed by atoms with E-state index in [1.165, 1.54) is 0 Å². The normalized spacial score (nSPS) is 28.4. The summed E-state index contributed by atoms with van der Waals surface area (Å²) in [6.07, 6.45) is 3.96. The number of carbonyl (C=O) groups is 2. The third kappa shape index (κ3) is 3.59. The summed E-state index contributed by atoms with van der Waals surface area (Å²) >= 11 is 0. The Balaban J connectivity index is 1.75. The first-order chi connectivity index (χ1) is 9.10. The Morgan fingerprint density at radius 3 is 2.42 bits per heavy atom. The first-order valence-electron chi connectivity index (χ1n) is 6.91. The number of carboxylic acids is 1. The lowest BCUT2D eigenvalue weighted by Gasteiger charge is -2.32. The minimum absolute atomic E-state index is 0.00810. The highest BCUT2D eigenvalue weighted by Gasteiger charge is 2.32. The third-order valence-corrected chi connectivity index (χ3v) is 4.17. The van der Waals surface area contributed by atoms with Gasteiger partial charge in [-0.3, -0.25) is 4.79 Å². The lowest BCUT2D eigenvalue weighted by atomic mass is 10.1. The van der Waals surface area contributed by atoms with Gasteiger partial charge in [0, 0.05) is 26.2 Å². The quantitative estimate of drug-likeness (QED) is 0.803. The third-order valence-electron chi connectivity index (χ3n) is 4.17. The molecule has 0 aromatic carbocycles. The van der Waals surface area contributed by atoms with Gasteiger partial charge in [0.15, 0.2) is 0 Å². The van der Waals surface area contributed by atoms with Gasteiger partial charge in [-0.15, -0.1) is 0 Å². The van der Waals surface area contributed by atoms with E-state index in [1.807, 2.05) is 0 Å². The van der Waals surface area contributed by atoms with E-state index in [4.69, 9.17) is 9.84 Å². The molecule has 0 bridgehead atoms. The van der Waals surface area contributed by atoms with Crippen molar-refractivity contribution in [3.8, 4) is 0 Å². The molecule has 0 spiro atoms. The summed E-state index contributed by atoms with van der Waals surface area (Å²) in [5, 5.41) is 11.9. The zero-order chi connectivity index (χ0) is 13.8. The van der Waals surface area contributed by atoms with Crippen molar-refractivity contribution in [3.63, 3.8) is 0 Å². The molecule has 2 unspecified atom stereocenters. The summed E-state index contributed by atoms with van der Waals surface area (Å²) < 4.78 is 5.27. The van der Waals surface area contributed by atoms with Gasteiger partial charge in [0.25, 0.3) is 0 Å². The van der Waals surface area contributed by atoms with Crippen molar-refractivity contribution >= 4 is 12.0 Å². The van der Waals surface area contributed by atoms with Crippen molar-refractivity contribution < 1.29 is 19.4 Å². The average Bonchev–Trinajstić information content (AvgIpc) is 2.87. The van der Waals surface area contributed by atoms with Crippen molar-refractivity contribution in [2.75, 3.05) is 20.2 Å². The van der Waals surface area contributed by atoms with Gasteiger partial charge in [0.05, 0.1) is 12.0 Å². The van der Waals surface area contributed by atoms with Crippen LogP contribution in [-0.2, 0) is 9.53 Å². The van der Waals surface area contributed by atoms with Crippen LogP contribution in [0.5, 0.6) is 0 Å². The molecule has 1 aliphatic carbocycles. The largest absolute Gasteiger partial charge is 0.481 e. The molecule has 0 aromatic rings. The molecular formula is C13H22N2O4. The second kappa shape index (κ2) is 6.23. The number of carboxylic acid groups (broad SMARTS) is 1. The SMILES string of the molecule is COC1CCN(C(=O)NC2CCC(C(=O)O)C2)CC1. The van der Waals surface area contributed by atoms with Crippen molar-refractivity contribution in [3.05, 3.63) is 0 Å². The summed E-state index contributed by atoms with van der Waals surface area (Å²) in [6.45, 7) is 1.42. The van der Waals surface area contributed by atoms with Crippen molar-refractivity contribution in [2.45, 2.75) is 44.2 Å². The first-order valence-corrected chi connectivity index (χ1v) is 6.91. The number of nitrogens with one attached hydrogen (secondary N) is 1. The van der Waals surface area contributed by atoms with E-state index in [1.54, 1.807) is 12.0 Å². The second-order valence-electron chi connectivity index (χ2n) is 5.42. The highest BCUT2D eigenvalue weighted by Crippen LogP contribution is 2.26. The summed E-state index contributed by atoms with van der Waals surface area (Å²) in [4.78, 5) is 24.7. The van der Waals surface area contributed by atoms with Gasteiger partial charge in [-0.25, -0.2) is 4.79 Å². The average molecular weight is 270 g/mol. The summed E-state index contributed by atoms with van der Waals surface area (Å²) in [7, 11) is 1.70. The molecule has 1 saturated carbocycles. The van der Waals surface area contributed by atoms with Crippen molar-refractivity contribution in [1.82, 2.24) is 10.2 Å². The maximum Gasteiger partial charge on any atom is 0.317 e. The molecule has 2 rings (SSSR count). The van der Waals surface area contributed by atoms with Gasteiger partial charge in [-0.1, -0.05) is 0 Å². The van der Waals surface area contributed by atoms with E-state index in [9.17, 15) is 9.59 Å². The number of ether oxygens (including phenoxy) is 1. The van der Waals surface area contributed by atoms with Crippen LogP contribution in [-0.4, -0.2) is 54.4 Å². The molecule has 1 saturated heterocycles. The van der Waals surface area contributed by atoms with E-state index >= 15 is 0 Å². The molecule has 2 aliphatic rings. The fourth-order valence-corrected chi connectivity index (χ4v) is 2.90. The van der Waals surface area contributed by atoms with Crippen LogP contribution in [0.1, 0.15) is 32.1 Å². The molecule has 6 heteroatoms. The topological polar surface area (TPSA) is 78.9 Å². The zero-order valence-corrected chi connectivity index (χ0v) is 11.3. The van der Waals surface area contributed by atoms with Crippen LogP contribution < -0.4 is 5.32 Å². The fraction of sp³-hybridized carbons (Fsp3) is 0.846. The summed E-state index contributed by atoms with van der Waals surface area (Å²) in [5.41, 5.74) is 0. The van der Waals surface area contributed by atoms with Gasteiger partial charge in [-0.2, -0.15) is 0 Å². The van der Waals surface area contributed by atoms with Crippen LogP contribution in [0.2, 0.25) is 0 Å². The van der Waals surface area contributed by atoms with Gasteiger partial charge >= 0.3 is 12.0 Å². The first kappa shape index (κ1) is 14.1. The Hall–Kier alpha value is -1.30. The number of nitrogens with zero attached hydrogens (tertiary/aromatic N) is 1. The van der Waals surface area contributed by atoms with Gasteiger partial charge < -0.3 is 20.1 Å². The molecule has 108 valence electrons. The molecule has 19 heavy (non-hydrogen) atoms. The lowest BCUT2D eigenvalue weighted by Crippen LogP contribution is -2.48. The molecule has 2 amide bonds. The molecular weight excluding hydrogens is 248 g/mol. The van der Waals surface area contributed by atoms with Gasteiger partial charge in [0.1, 0.15) is 0 Å². The Bertz CT molecular complexity index is 340. The Labute approximate surface area is 113 Å². The van der Waals surface area contributed by atoms with E-state index in [2.05, 4.69) is 5.32 Å². The molecule has 2 N–H and O–H groups in total. The highest BCUT2D eigenvalue weighted by atomic mass is 16.5. The minimum atomic E-state index is -0.752. The van der Waals surface area contributed by atoms with E-state index in [0.717, 1.165) is 19.3 Å². The number of hydrogen-bond donors (Lipinski definition) is 2. The van der Waals surface area contributed by atoms with Crippen LogP contribution in [0.3, 0.4) is 0 Å². The Morgan fingerprint density at radius 2 is 1.89 bits per heavy atom. The minimum Gasteiger partial charge on any atom is -0.481 e. The standard InChI is InChI=1S/C13H22N2O4/c1-19-11-4-6-15(7-5-11)13(18)14-10-3-2-9(8-10)12(16)17/h9-11H,2-8H2,1H3,(H,14,18)(H,16,17). The van der Waals surface area contributed by atoms with Gasteiger partial charge in [-0.05, 0) is 32.1 Å². The monoisotopic (exact) mass is 270 g/mol. The Kier molecular flexibility index (Phi) is 4.63. The maximum absolute atomic E-state index is 12.1. The number of likely N-dealkylation sites (tertiary alicyclic amines) is 1. The molecule has 1 heterocycles. The van der Waals surface area contributed by atoms with Crippen molar-refractivity contribution in [1.29, 1.82) is 0 Å². The van der Waals surface area contributed by atoms with Crippen LogP contribution in [0.25, 0.3) is 0 Å². The number of amides is 2. The molecule has 0 aromatic heterocycles. The second-order valence-corrected chi connectivity index (χ2v) is 5.42. The lowest BCUT2D eigenvalue weighted by molar-refractivity contribution is -0.141. The molecule has 1 aliphatic heterocycles. The summed E-state index contributed by atoms with van der Waals surface area (Å²) in [5.74, 6) is -1.05. The predicted molar refractivity (Wildman–Crippen MR) is 68.9 cm³/mol. The number of methoxy groups -OCH3 is 1. The van der Waals surface area contributed by atoms with E-state index < -0.39 is 5.97 Å². The zero-order valence-electron chi connectivity index (χ0n) is 11.3. The smallest absolute Gasteiger partial charge is 0.317 e. The number of carbonyl (C=O) groups excluding carboxylic acids is 1.